The van der Waals surface area contributed by atoms with Gasteiger partial charge in [-0.15, -0.1) is 0 Å². The first kappa shape index (κ1) is 17.2. The first-order valence-corrected chi connectivity index (χ1v) is 8.70. The van der Waals surface area contributed by atoms with Crippen LogP contribution in [0.25, 0.3) is 0 Å². The van der Waals surface area contributed by atoms with Gasteiger partial charge in [0, 0.05) is 12.8 Å². The Hall–Kier alpha value is -1.68. The van der Waals surface area contributed by atoms with Crippen molar-refractivity contribution >= 4 is 11.6 Å². The van der Waals surface area contributed by atoms with Crippen molar-refractivity contribution in [2.45, 2.75) is 58.3 Å². The zero-order chi connectivity index (χ0) is 17.9. The van der Waals surface area contributed by atoms with Crippen LogP contribution in [0.15, 0.2) is 12.1 Å². The van der Waals surface area contributed by atoms with E-state index < -0.39 is 5.41 Å². The number of Topliss-reactive ketones (excluding diaryl/α,β-unsaturated/α-hetero) is 2. The Balaban J connectivity index is 2.23. The highest BCUT2D eigenvalue weighted by Gasteiger charge is 2.57. The number of aliphatic hydroxyl groups excluding tert-OH is 1. The molecule has 4 nitrogen and oxygen atoms in total. The molecule has 2 aliphatic rings. The molecule has 24 heavy (non-hydrogen) atoms. The van der Waals surface area contributed by atoms with Crippen molar-refractivity contribution in [1.82, 2.24) is 0 Å². The van der Waals surface area contributed by atoms with Gasteiger partial charge in [-0.25, -0.2) is 0 Å². The van der Waals surface area contributed by atoms with Crippen LogP contribution in [0.3, 0.4) is 0 Å². The summed E-state index contributed by atoms with van der Waals surface area (Å²) >= 11 is 0. The smallest absolute Gasteiger partial charge is 0.167 e. The van der Waals surface area contributed by atoms with Crippen LogP contribution in [0, 0.1) is 11.3 Å². The molecule has 1 fully saturated rings. The molecule has 4 heteroatoms. The van der Waals surface area contributed by atoms with E-state index in [1.54, 1.807) is 6.92 Å². The number of benzene rings is 1. The second-order valence-corrected chi connectivity index (χ2v) is 8.18. The van der Waals surface area contributed by atoms with Gasteiger partial charge in [0.1, 0.15) is 11.5 Å². The molecule has 0 radical (unpaired) electrons. The number of phenolic OH excluding ortho intramolecular Hbond substituents is 1. The number of phenols is 1. The molecule has 0 spiro atoms. The summed E-state index contributed by atoms with van der Waals surface area (Å²) in [6, 6.07) is 3.84. The van der Waals surface area contributed by atoms with Crippen LogP contribution in [-0.2, 0) is 10.2 Å². The standard InChI is InChI=1S/C20H26O4/c1-11(2)12-5-6-13-17(18(12)24)14(22)9-15-19(13,3)8-7-16(23)20(15,4)10-21/h5-6,11,15,21,24H,7-10H2,1-4H3. The highest BCUT2D eigenvalue weighted by Crippen LogP contribution is 2.57. The SMILES string of the molecule is CC(C)c1ccc2c(c1O)C(=O)CC1C(C)(CO)C(=O)CCC21C. The molecular formula is C20H26O4. The normalized spacial score (nSPS) is 32.7. The van der Waals surface area contributed by atoms with Gasteiger partial charge in [0.2, 0.25) is 0 Å². The molecule has 3 unspecified atom stereocenters. The minimum atomic E-state index is -0.896. The minimum Gasteiger partial charge on any atom is -0.507 e. The first-order valence-electron chi connectivity index (χ1n) is 8.70. The molecule has 3 rings (SSSR count). The Morgan fingerprint density at radius 1 is 1.25 bits per heavy atom. The fraction of sp³-hybridized carbons (Fsp3) is 0.600. The van der Waals surface area contributed by atoms with E-state index >= 15 is 0 Å². The molecule has 0 amide bonds. The number of ketones is 2. The quantitative estimate of drug-likeness (QED) is 0.872. The summed E-state index contributed by atoms with van der Waals surface area (Å²) in [5.41, 5.74) is 0.752. The lowest BCUT2D eigenvalue weighted by atomic mass is 9.49. The van der Waals surface area contributed by atoms with Crippen LogP contribution in [0.2, 0.25) is 0 Å². The maximum absolute atomic E-state index is 12.8. The molecule has 1 saturated carbocycles. The van der Waals surface area contributed by atoms with Crippen LogP contribution >= 0.6 is 0 Å². The molecule has 2 N–H and O–H groups in total. The monoisotopic (exact) mass is 330 g/mol. The zero-order valence-electron chi connectivity index (χ0n) is 14.8. The van der Waals surface area contributed by atoms with Crippen molar-refractivity contribution < 1.29 is 19.8 Å². The van der Waals surface area contributed by atoms with Crippen molar-refractivity contribution in [3.05, 3.63) is 28.8 Å². The van der Waals surface area contributed by atoms with Gasteiger partial charge in [-0.2, -0.15) is 0 Å². The topological polar surface area (TPSA) is 74.6 Å². The summed E-state index contributed by atoms with van der Waals surface area (Å²) in [6.45, 7) is 7.57. The Morgan fingerprint density at radius 3 is 2.50 bits per heavy atom. The Labute approximate surface area is 142 Å². The molecule has 0 saturated heterocycles. The Kier molecular flexibility index (Phi) is 3.87. The number of hydrogen-bond donors (Lipinski definition) is 2. The van der Waals surface area contributed by atoms with Gasteiger partial charge in [0.05, 0.1) is 17.6 Å². The number of rotatable bonds is 2. The van der Waals surface area contributed by atoms with Gasteiger partial charge in [-0.1, -0.05) is 39.8 Å². The minimum absolute atomic E-state index is 0.0340. The van der Waals surface area contributed by atoms with Crippen LogP contribution in [-0.4, -0.2) is 28.4 Å². The number of hydrogen-bond acceptors (Lipinski definition) is 4. The van der Waals surface area contributed by atoms with Gasteiger partial charge in [-0.05, 0) is 34.8 Å². The van der Waals surface area contributed by atoms with Crippen molar-refractivity contribution in [1.29, 1.82) is 0 Å². The number of carbonyl (C=O) groups excluding carboxylic acids is 2. The van der Waals surface area contributed by atoms with Gasteiger partial charge in [0.25, 0.3) is 0 Å². The zero-order valence-corrected chi connectivity index (χ0v) is 14.8. The predicted molar refractivity (Wildman–Crippen MR) is 91.4 cm³/mol. The fourth-order valence-corrected chi connectivity index (χ4v) is 4.82. The molecule has 0 heterocycles. The summed E-state index contributed by atoms with van der Waals surface area (Å²) in [4.78, 5) is 25.3. The highest BCUT2D eigenvalue weighted by molar-refractivity contribution is 6.03. The van der Waals surface area contributed by atoms with E-state index in [4.69, 9.17) is 0 Å². The molecular weight excluding hydrogens is 304 g/mol. The maximum Gasteiger partial charge on any atom is 0.167 e. The van der Waals surface area contributed by atoms with E-state index in [9.17, 15) is 19.8 Å². The molecule has 0 aliphatic heterocycles. The first-order chi connectivity index (χ1) is 11.2. The van der Waals surface area contributed by atoms with E-state index in [0.717, 1.165) is 11.1 Å². The Bertz CT molecular complexity index is 721. The summed E-state index contributed by atoms with van der Waals surface area (Å²) in [7, 11) is 0. The van der Waals surface area contributed by atoms with Gasteiger partial charge in [0.15, 0.2) is 5.78 Å². The molecule has 130 valence electrons. The number of fused-ring (bicyclic) bond motifs is 3. The lowest BCUT2D eigenvalue weighted by molar-refractivity contribution is -0.141. The van der Waals surface area contributed by atoms with Gasteiger partial charge >= 0.3 is 0 Å². The van der Waals surface area contributed by atoms with E-state index in [2.05, 4.69) is 6.92 Å². The van der Waals surface area contributed by atoms with Crippen LogP contribution in [0.1, 0.15) is 74.4 Å². The average Bonchev–Trinajstić information content (AvgIpc) is 2.53. The lowest BCUT2D eigenvalue weighted by Gasteiger charge is -2.53. The number of aliphatic hydroxyl groups is 1. The van der Waals surface area contributed by atoms with Crippen LogP contribution in [0.5, 0.6) is 5.75 Å². The molecule has 0 aromatic heterocycles. The lowest BCUT2D eigenvalue weighted by Crippen LogP contribution is -2.56. The van der Waals surface area contributed by atoms with Crippen LogP contribution in [0.4, 0.5) is 0 Å². The third kappa shape index (κ3) is 2.08. The van der Waals surface area contributed by atoms with E-state index in [1.165, 1.54) is 0 Å². The van der Waals surface area contributed by atoms with E-state index in [-0.39, 0.29) is 47.6 Å². The molecule has 1 aromatic carbocycles. The van der Waals surface area contributed by atoms with E-state index in [1.807, 2.05) is 26.0 Å². The molecule has 0 bridgehead atoms. The second kappa shape index (κ2) is 5.41. The third-order valence-electron chi connectivity index (χ3n) is 6.49. The molecule has 2 aliphatic carbocycles. The molecule has 1 aromatic rings. The summed E-state index contributed by atoms with van der Waals surface area (Å²) < 4.78 is 0. The average molecular weight is 330 g/mol. The van der Waals surface area contributed by atoms with Crippen molar-refractivity contribution in [3.8, 4) is 5.75 Å². The van der Waals surface area contributed by atoms with Gasteiger partial charge < -0.3 is 10.2 Å². The fourth-order valence-electron chi connectivity index (χ4n) is 4.82. The van der Waals surface area contributed by atoms with Crippen LogP contribution < -0.4 is 0 Å². The second-order valence-electron chi connectivity index (χ2n) is 8.18. The maximum atomic E-state index is 12.8. The van der Waals surface area contributed by atoms with Gasteiger partial charge in [-0.3, -0.25) is 9.59 Å². The van der Waals surface area contributed by atoms with Crippen molar-refractivity contribution in [3.63, 3.8) is 0 Å². The summed E-state index contributed by atoms with van der Waals surface area (Å²) in [6.07, 6.45) is 1.23. The number of carbonyl (C=O) groups is 2. The highest BCUT2D eigenvalue weighted by atomic mass is 16.3. The van der Waals surface area contributed by atoms with Crippen molar-refractivity contribution in [2.24, 2.45) is 11.3 Å². The summed E-state index contributed by atoms with van der Waals surface area (Å²) in [5, 5.41) is 20.6. The predicted octanol–water partition coefficient (Wildman–Crippen LogP) is 3.34. The third-order valence-corrected chi connectivity index (χ3v) is 6.49. The molecule has 3 atom stereocenters. The summed E-state index contributed by atoms with van der Waals surface area (Å²) in [5.74, 6) is -0.104. The van der Waals surface area contributed by atoms with Crippen molar-refractivity contribution in [2.75, 3.05) is 6.61 Å². The largest absolute Gasteiger partial charge is 0.507 e. The van der Waals surface area contributed by atoms with E-state index in [0.29, 0.717) is 18.4 Å². The Morgan fingerprint density at radius 2 is 1.92 bits per heavy atom. The number of aromatic hydroxyl groups is 1.